The summed E-state index contributed by atoms with van der Waals surface area (Å²) in [6.45, 7) is 6.72. The molecule has 2 rings (SSSR count). The zero-order chi connectivity index (χ0) is 25.7. The van der Waals surface area contributed by atoms with Gasteiger partial charge in [-0.3, -0.25) is 9.98 Å². The maximum absolute atomic E-state index is 5.11. The Balaban J connectivity index is 2.13. The summed E-state index contributed by atoms with van der Waals surface area (Å²) in [5.41, 5.74) is 5.84. The largest absolute Gasteiger partial charge is 0.255 e. The number of unbranched alkanes of at least 4 members (excludes halogenated alkanes) is 5. The van der Waals surface area contributed by atoms with Crippen molar-refractivity contribution in [3.05, 3.63) is 84.0 Å². The lowest BCUT2D eigenvalue weighted by Crippen LogP contribution is -2.00. The van der Waals surface area contributed by atoms with Gasteiger partial charge in [-0.05, 0) is 74.6 Å². The van der Waals surface area contributed by atoms with E-state index in [-0.39, 0.29) is 0 Å². The molecule has 0 spiro atoms. The summed E-state index contributed by atoms with van der Waals surface area (Å²) in [6, 6.07) is 17.1. The number of hydrogen-bond acceptors (Lipinski definition) is 2. The number of aliphatic imine (C=N–C) groups is 2. The smallest absolute Gasteiger partial charge is 0.0665 e. The molecule has 0 atom stereocenters. The summed E-state index contributed by atoms with van der Waals surface area (Å²) in [7, 11) is 0. The van der Waals surface area contributed by atoms with E-state index in [0.29, 0.717) is 0 Å². The Labute approximate surface area is 221 Å². The first-order chi connectivity index (χ1) is 17.8. The van der Waals surface area contributed by atoms with Crippen molar-refractivity contribution >= 4 is 23.3 Å². The number of allylic oxidation sites excluding steroid dienone is 4. The van der Waals surface area contributed by atoms with E-state index in [1.54, 1.807) is 0 Å². The van der Waals surface area contributed by atoms with Crippen LogP contribution in [0.4, 0.5) is 11.4 Å². The minimum Gasteiger partial charge on any atom is -0.255 e. The SMILES string of the molecule is CCCC/C=C/CCc1ccccc1N=CC(CCCC)=Nc1ccccc1CC/C=C/CCCC. The second-order valence-electron chi connectivity index (χ2n) is 9.53. The zero-order valence-electron chi connectivity index (χ0n) is 23.1. The summed E-state index contributed by atoms with van der Waals surface area (Å²) < 4.78 is 0. The van der Waals surface area contributed by atoms with E-state index in [0.717, 1.165) is 62.0 Å². The fraction of sp³-hybridized carbons (Fsp3) is 0.471. The first kappa shape index (κ1) is 29.5. The molecular formula is C34H48N2. The lowest BCUT2D eigenvalue weighted by atomic mass is 10.1. The molecule has 0 bridgehead atoms. The second-order valence-corrected chi connectivity index (χ2v) is 9.53. The summed E-state index contributed by atoms with van der Waals surface area (Å²) >= 11 is 0. The standard InChI is InChI=1S/C34H48N2/c1-4-7-10-12-14-16-22-30-24-18-20-27-33(30)35-29-32(26-9-6-3)36-34-28-21-19-25-31(34)23-17-15-13-11-8-5-2/h12-15,18-21,24-25,27-29H,4-11,16-17,22-23,26H2,1-3H3/b14-12+,15-13+,35-29?,36-32?. The van der Waals surface area contributed by atoms with Gasteiger partial charge in [-0.1, -0.05) is 114 Å². The molecule has 2 heteroatoms. The number of hydrogen-bond donors (Lipinski definition) is 0. The topological polar surface area (TPSA) is 24.7 Å². The van der Waals surface area contributed by atoms with Crippen LogP contribution in [0.15, 0.2) is 82.8 Å². The molecule has 0 aliphatic rings. The Hall–Kier alpha value is -2.74. The van der Waals surface area contributed by atoms with E-state index in [1.807, 2.05) is 6.21 Å². The fourth-order valence-electron chi connectivity index (χ4n) is 4.08. The van der Waals surface area contributed by atoms with Crippen LogP contribution in [0.2, 0.25) is 0 Å². The van der Waals surface area contributed by atoms with Gasteiger partial charge < -0.3 is 0 Å². The number of para-hydroxylation sites is 2. The molecule has 0 heterocycles. The number of rotatable bonds is 18. The lowest BCUT2D eigenvalue weighted by Gasteiger charge is -2.07. The second kappa shape index (κ2) is 19.4. The molecule has 0 aliphatic carbocycles. The first-order valence-corrected chi connectivity index (χ1v) is 14.4. The quantitative estimate of drug-likeness (QED) is 0.114. The Morgan fingerprint density at radius 1 is 0.611 bits per heavy atom. The van der Waals surface area contributed by atoms with Crippen molar-refractivity contribution in [1.82, 2.24) is 0 Å². The molecule has 2 aromatic carbocycles. The van der Waals surface area contributed by atoms with Crippen LogP contribution in [0.25, 0.3) is 0 Å². The molecule has 0 amide bonds. The Morgan fingerprint density at radius 3 is 1.69 bits per heavy atom. The molecule has 0 radical (unpaired) electrons. The molecule has 0 fully saturated rings. The van der Waals surface area contributed by atoms with Gasteiger partial charge >= 0.3 is 0 Å². The van der Waals surface area contributed by atoms with Crippen LogP contribution < -0.4 is 0 Å². The fourth-order valence-corrected chi connectivity index (χ4v) is 4.08. The Morgan fingerprint density at radius 2 is 1.11 bits per heavy atom. The normalized spacial score (nSPS) is 12.5. The van der Waals surface area contributed by atoms with Gasteiger partial charge in [0.1, 0.15) is 0 Å². The zero-order valence-corrected chi connectivity index (χ0v) is 23.1. The van der Waals surface area contributed by atoms with Gasteiger partial charge in [0.15, 0.2) is 0 Å². The Kier molecular flexibility index (Phi) is 15.9. The maximum Gasteiger partial charge on any atom is 0.0665 e. The van der Waals surface area contributed by atoms with Crippen molar-refractivity contribution in [3.8, 4) is 0 Å². The van der Waals surface area contributed by atoms with Crippen molar-refractivity contribution in [3.63, 3.8) is 0 Å². The Bertz CT molecular complexity index is 965. The van der Waals surface area contributed by atoms with Crippen LogP contribution in [-0.4, -0.2) is 11.9 Å². The van der Waals surface area contributed by atoms with E-state index in [1.165, 1.54) is 49.7 Å². The van der Waals surface area contributed by atoms with Gasteiger partial charge in [-0.25, -0.2) is 0 Å². The molecule has 2 aromatic rings. The van der Waals surface area contributed by atoms with Crippen molar-refractivity contribution < 1.29 is 0 Å². The molecular weight excluding hydrogens is 436 g/mol. The lowest BCUT2D eigenvalue weighted by molar-refractivity contribution is 0.811. The molecule has 2 nitrogen and oxygen atoms in total. The van der Waals surface area contributed by atoms with E-state index < -0.39 is 0 Å². The average Bonchev–Trinajstić information content (AvgIpc) is 2.91. The molecule has 0 N–H and O–H groups in total. The van der Waals surface area contributed by atoms with Gasteiger partial charge in [-0.2, -0.15) is 0 Å². The summed E-state index contributed by atoms with van der Waals surface area (Å²) in [6.07, 6.45) is 26.1. The van der Waals surface area contributed by atoms with Crippen LogP contribution in [-0.2, 0) is 12.8 Å². The van der Waals surface area contributed by atoms with E-state index in [9.17, 15) is 0 Å². The van der Waals surface area contributed by atoms with Crippen LogP contribution in [0.1, 0.15) is 103 Å². The summed E-state index contributed by atoms with van der Waals surface area (Å²) in [5, 5.41) is 0. The highest BCUT2D eigenvalue weighted by Gasteiger charge is 2.04. The van der Waals surface area contributed by atoms with Crippen LogP contribution in [0, 0.1) is 0 Å². The summed E-state index contributed by atoms with van der Waals surface area (Å²) in [5.74, 6) is 0. The van der Waals surface area contributed by atoms with Crippen LogP contribution in [0.3, 0.4) is 0 Å². The molecule has 0 unspecified atom stereocenters. The third kappa shape index (κ3) is 12.3. The molecule has 36 heavy (non-hydrogen) atoms. The van der Waals surface area contributed by atoms with E-state index >= 15 is 0 Å². The monoisotopic (exact) mass is 484 g/mol. The van der Waals surface area contributed by atoms with Crippen molar-refractivity contribution in [2.75, 3.05) is 0 Å². The number of benzene rings is 2. The third-order valence-electron chi connectivity index (χ3n) is 6.33. The van der Waals surface area contributed by atoms with Gasteiger partial charge in [0, 0.05) is 6.21 Å². The van der Waals surface area contributed by atoms with Crippen LogP contribution >= 0.6 is 0 Å². The predicted octanol–water partition coefficient (Wildman–Crippen LogP) is 10.7. The van der Waals surface area contributed by atoms with Crippen molar-refractivity contribution in [2.45, 2.75) is 104 Å². The minimum absolute atomic E-state index is 0.952. The van der Waals surface area contributed by atoms with Crippen molar-refractivity contribution in [1.29, 1.82) is 0 Å². The molecule has 194 valence electrons. The molecule has 0 saturated carbocycles. The average molecular weight is 485 g/mol. The molecule has 0 saturated heterocycles. The van der Waals surface area contributed by atoms with Gasteiger partial charge in [0.05, 0.1) is 17.1 Å². The number of aryl methyl sites for hydroxylation is 2. The number of nitrogens with zero attached hydrogens (tertiary/aromatic N) is 2. The highest BCUT2D eigenvalue weighted by atomic mass is 14.8. The van der Waals surface area contributed by atoms with Gasteiger partial charge in [0.25, 0.3) is 0 Å². The highest BCUT2D eigenvalue weighted by molar-refractivity contribution is 6.31. The third-order valence-corrected chi connectivity index (χ3v) is 6.33. The van der Waals surface area contributed by atoms with E-state index in [2.05, 4.69) is 93.6 Å². The van der Waals surface area contributed by atoms with Gasteiger partial charge in [-0.15, -0.1) is 0 Å². The first-order valence-electron chi connectivity index (χ1n) is 14.4. The minimum atomic E-state index is 0.952. The van der Waals surface area contributed by atoms with Gasteiger partial charge in [0.2, 0.25) is 0 Å². The maximum atomic E-state index is 5.11. The summed E-state index contributed by atoms with van der Waals surface area (Å²) in [4.78, 5) is 10.0. The predicted molar refractivity (Wildman–Crippen MR) is 162 cm³/mol. The molecule has 0 aromatic heterocycles. The van der Waals surface area contributed by atoms with Crippen LogP contribution in [0.5, 0.6) is 0 Å². The highest BCUT2D eigenvalue weighted by Crippen LogP contribution is 2.23. The van der Waals surface area contributed by atoms with E-state index in [4.69, 9.17) is 9.98 Å². The van der Waals surface area contributed by atoms with Crippen molar-refractivity contribution in [2.24, 2.45) is 9.98 Å². The molecule has 0 aliphatic heterocycles.